The molecule has 0 saturated carbocycles. The summed E-state index contributed by atoms with van der Waals surface area (Å²) in [5.41, 5.74) is -0.478. The van der Waals surface area contributed by atoms with Crippen LogP contribution in [0.3, 0.4) is 0 Å². The van der Waals surface area contributed by atoms with Crippen molar-refractivity contribution in [1.29, 1.82) is 0 Å². The molecule has 0 aliphatic rings. The largest absolute Gasteiger partial charge is 0.497 e. The predicted octanol–water partition coefficient (Wildman–Crippen LogP) is 5.41. The summed E-state index contributed by atoms with van der Waals surface area (Å²) in [6, 6.07) is 14.7. The topological polar surface area (TPSA) is 167 Å². The maximum Gasteiger partial charge on any atom is 0.407 e. The maximum atomic E-state index is 13.4. The van der Waals surface area contributed by atoms with Gasteiger partial charge in [0.15, 0.2) is 0 Å². The molecular weight excluding hydrogens is 560 g/mol. The van der Waals surface area contributed by atoms with Crippen molar-refractivity contribution in [1.82, 2.24) is 5.32 Å². The number of methoxy groups -OCH3 is 2. The number of alkyl carbamates (subject to hydrolysis) is 1. The summed E-state index contributed by atoms with van der Waals surface area (Å²) < 4.78 is 21.4. The second-order valence-corrected chi connectivity index (χ2v) is 10.1. The summed E-state index contributed by atoms with van der Waals surface area (Å²) in [6.07, 6.45) is -0.157. The first kappa shape index (κ1) is 32.2. The van der Waals surface area contributed by atoms with Gasteiger partial charge in [-0.15, -0.1) is 0 Å². The average Bonchev–Trinajstić information content (AvgIpc) is 2.96. The van der Waals surface area contributed by atoms with Crippen molar-refractivity contribution in [3.63, 3.8) is 0 Å². The second kappa shape index (κ2) is 14.5. The number of rotatable bonds is 12. The molecule has 13 nitrogen and oxygen atoms in total. The van der Waals surface area contributed by atoms with E-state index in [-0.39, 0.29) is 41.4 Å². The highest BCUT2D eigenvalue weighted by atomic mass is 16.6. The van der Waals surface area contributed by atoms with Crippen LogP contribution in [0.1, 0.15) is 47.9 Å². The van der Waals surface area contributed by atoms with Crippen LogP contribution in [0, 0.1) is 10.1 Å². The Kier molecular flexibility index (Phi) is 10.9. The summed E-state index contributed by atoms with van der Waals surface area (Å²) >= 11 is 0. The lowest BCUT2D eigenvalue weighted by atomic mass is 10.1. The zero-order valence-electron chi connectivity index (χ0n) is 24.5. The Morgan fingerprint density at radius 1 is 0.837 bits per heavy atom. The molecule has 0 spiro atoms. The molecule has 3 aromatic rings. The number of nitrogens with zero attached hydrogens (tertiary/aromatic N) is 1. The number of hydrogen-bond donors (Lipinski definition) is 3. The van der Waals surface area contributed by atoms with Crippen LogP contribution >= 0.6 is 0 Å². The zero-order valence-corrected chi connectivity index (χ0v) is 24.5. The van der Waals surface area contributed by atoms with E-state index in [1.165, 1.54) is 38.5 Å². The molecule has 0 aromatic heterocycles. The fraction of sp³-hybridized carbons (Fsp3) is 0.300. The first-order chi connectivity index (χ1) is 20.4. The van der Waals surface area contributed by atoms with Gasteiger partial charge < -0.3 is 34.9 Å². The van der Waals surface area contributed by atoms with Crippen LogP contribution in [0.4, 0.5) is 21.9 Å². The minimum Gasteiger partial charge on any atom is -0.497 e. The average molecular weight is 595 g/mol. The van der Waals surface area contributed by atoms with Crippen LogP contribution < -0.4 is 30.2 Å². The normalized spacial score (nSPS) is 10.7. The summed E-state index contributed by atoms with van der Waals surface area (Å²) in [7, 11) is 2.98. The number of ether oxygens (including phenoxy) is 4. The second-order valence-electron chi connectivity index (χ2n) is 10.1. The molecule has 0 aliphatic carbocycles. The van der Waals surface area contributed by atoms with E-state index in [2.05, 4.69) is 16.0 Å². The van der Waals surface area contributed by atoms with E-state index in [4.69, 9.17) is 18.9 Å². The molecule has 3 N–H and O–H groups in total. The van der Waals surface area contributed by atoms with Crippen molar-refractivity contribution < 1.29 is 38.3 Å². The Labute approximate surface area is 248 Å². The van der Waals surface area contributed by atoms with Gasteiger partial charge in [0.05, 0.1) is 42.6 Å². The number of non-ortho nitro benzene ring substituents is 1. The Hall–Kier alpha value is -5.33. The van der Waals surface area contributed by atoms with Crippen molar-refractivity contribution in [3.05, 3.63) is 81.9 Å². The minimum atomic E-state index is -0.677. The highest BCUT2D eigenvalue weighted by Crippen LogP contribution is 2.29. The van der Waals surface area contributed by atoms with Crippen LogP contribution in [0.25, 0.3) is 0 Å². The zero-order chi connectivity index (χ0) is 31.6. The number of nitrogens with one attached hydrogen (secondary N) is 3. The fourth-order valence-electron chi connectivity index (χ4n) is 3.71. The number of amides is 3. The Morgan fingerprint density at radius 2 is 1.47 bits per heavy atom. The van der Waals surface area contributed by atoms with Crippen molar-refractivity contribution >= 4 is 35.0 Å². The van der Waals surface area contributed by atoms with Gasteiger partial charge in [0.2, 0.25) is 0 Å². The molecule has 0 unspecified atom stereocenters. The van der Waals surface area contributed by atoms with Gasteiger partial charge in [0.25, 0.3) is 17.5 Å². The first-order valence-electron chi connectivity index (χ1n) is 13.2. The van der Waals surface area contributed by atoms with E-state index < -0.39 is 28.4 Å². The Bertz CT molecular complexity index is 1470. The Morgan fingerprint density at radius 3 is 2.09 bits per heavy atom. The molecule has 43 heavy (non-hydrogen) atoms. The third-order valence-corrected chi connectivity index (χ3v) is 5.73. The summed E-state index contributed by atoms with van der Waals surface area (Å²) in [4.78, 5) is 49.2. The summed E-state index contributed by atoms with van der Waals surface area (Å²) in [6.45, 7) is 5.68. The van der Waals surface area contributed by atoms with Crippen molar-refractivity contribution in [2.45, 2.75) is 32.8 Å². The fourth-order valence-corrected chi connectivity index (χ4v) is 3.71. The number of carbonyl (C=O) groups excluding carboxylic acids is 3. The van der Waals surface area contributed by atoms with Crippen LogP contribution in [0.2, 0.25) is 0 Å². The standard InChI is InChI=1S/C30H34N4O9/c1-30(2,3)43-29(37)31-15-6-16-42-26-18-22(41-5)12-14-24(26)28(36)33-25-17-20(34(38)39)9-13-23(25)27(35)32-19-7-10-21(40-4)11-8-19/h7-14,17-18H,6,15-16H2,1-5H3,(H,31,37)(H,32,35)(H,33,36). The lowest BCUT2D eigenvalue weighted by molar-refractivity contribution is -0.384. The molecule has 0 atom stereocenters. The molecule has 3 rings (SSSR count). The molecular formula is C30H34N4O9. The van der Waals surface area contributed by atoms with Gasteiger partial charge in [0, 0.05) is 30.4 Å². The van der Waals surface area contributed by atoms with Gasteiger partial charge in [-0.2, -0.15) is 0 Å². The molecule has 13 heteroatoms. The molecule has 0 bridgehead atoms. The first-order valence-corrected chi connectivity index (χ1v) is 13.2. The van der Waals surface area contributed by atoms with E-state index in [9.17, 15) is 24.5 Å². The Balaban J connectivity index is 1.77. The minimum absolute atomic E-state index is 0.000958. The number of benzene rings is 3. The van der Waals surface area contributed by atoms with E-state index in [1.807, 2.05) is 0 Å². The van der Waals surface area contributed by atoms with Crippen molar-refractivity contribution in [3.8, 4) is 17.2 Å². The molecule has 0 heterocycles. The van der Waals surface area contributed by atoms with Gasteiger partial charge in [-0.1, -0.05) is 0 Å². The molecule has 0 fully saturated rings. The smallest absolute Gasteiger partial charge is 0.407 e. The van der Waals surface area contributed by atoms with Crippen molar-refractivity contribution in [2.24, 2.45) is 0 Å². The summed E-state index contributed by atoms with van der Waals surface area (Å²) in [5, 5.41) is 19.4. The van der Waals surface area contributed by atoms with E-state index in [0.717, 1.165) is 6.07 Å². The number of hydrogen-bond acceptors (Lipinski definition) is 9. The van der Waals surface area contributed by atoms with Crippen LogP contribution in [0.5, 0.6) is 17.2 Å². The van der Waals surface area contributed by atoms with E-state index in [0.29, 0.717) is 23.6 Å². The monoisotopic (exact) mass is 594 g/mol. The number of nitro groups is 1. The molecule has 228 valence electrons. The number of nitro benzene ring substituents is 1. The highest BCUT2D eigenvalue weighted by Gasteiger charge is 2.21. The predicted molar refractivity (Wildman–Crippen MR) is 159 cm³/mol. The van der Waals surface area contributed by atoms with Crippen molar-refractivity contribution in [2.75, 3.05) is 38.0 Å². The molecule has 3 amide bonds. The molecule has 3 aromatic carbocycles. The molecule has 0 aliphatic heterocycles. The third-order valence-electron chi connectivity index (χ3n) is 5.73. The van der Waals surface area contributed by atoms with Gasteiger partial charge in [-0.05, 0) is 69.7 Å². The quantitative estimate of drug-likeness (QED) is 0.141. The van der Waals surface area contributed by atoms with Gasteiger partial charge >= 0.3 is 6.09 Å². The molecule has 0 radical (unpaired) electrons. The lowest BCUT2D eigenvalue weighted by Gasteiger charge is -2.19. The van der Waals surface area contributed by atoms with Gasteiger partial charge in [0.1, 0.15) is 22.8 Å². The lowest BCUT2D eigenvalue weighted by Crippen LogP contribution is -2.33. The number of carbonyl (C=O) groups is 3. The van der Waals surface area contributed by atoms with Gasteiger partial charge in [-0.3, -0.25) is 19.7 Å². The van der Waals surface area contributed by atoms with Crippen LogP contribution in [-0.2, 0) is 4.74 Å². The van der Waals surface area contributed by atoms with Crippen LogP contribution in [0.15, 0.2) is 60.7 Å². The molecule has 0 saturated heterocycles. The SMILES string of the molecule is COc1ccc(NC(=O)c2ccc([N+](=O)[O-])cc2NC(=O)c2ccc(OC)cc2OCCCNC(=O)OC(C)(C)C)cc1. The van der Waals surface area contributed by atoms with E-state index >= 15 is 0 Å². The van der Waals surface area contributed by atoms with Crippen LogP contribution in [-0.4, -0.2) is 55.8 Å². The third kappa shape index (κ3) is 9.63. The number of anilines is 2. The summed E-state index contributed by atoms with van der Waals surface area (Å²) in [5.74, 6) is -0.0854. The van der Waals surface area contributed by atoms with E-state index in [1.54, 1.807) is 51.1 Å². The highest BCUT2D eigenvalue weighted by molar-refractivity contribution is 6.13. The maximum absolute atomic E-state index is 13.4. The van der Waals surface area contributed by atoms with Gasteiger partial charge in [-0.25, -0.2) is 4.79 Å².